The van der Waals surface area contributed by atoms with Gasteiger partial charge in [0.2, 0.25) is 11.8 Å². The standard InChI is InChI=1S/C17H22F2N2O3/c18-16(19)17(24)9-10-21(12-17)15(23)8-4-7-14(22)20-11-13-5-2-1-3-6-13/h1-3,5-6,16,24H,4,7-12H2,(H,20,22). The largest absolute Gasteiger partial charge is 0.382 e. The van der Waals surface area contributed by atoms with Crippen LogP contribution in [0.4, 0.5) is 8.78 Å². The van der Waals surface area contributed by atoms with Crippen LogP contribution in [-0.2, 0) is 16.1 Å². The first kappa shape index (κ1) is 18.3. The molecule has 7 heteroatoms. The molecule has 0 aromatic heterocycles. The average molecular weight is 340 g/mol. The van der Waals surface area contributed by atoms with Crippen molar-refractivity contribution in [1.29, 1.82) is 0 Å². The molecule has 5 nitrogen and oxygen atoms in total. The molecule has 132 valence electrons. The van der Waals surface area contributed by atoms with E-state index in [1.807, 2.05) is 30.3 Å². The Labute approximate surface area is 139 Å². The molecule has 2 N–H and O–H groups in total. The summed E-state index contributed by atoms with van der Waals surface area (Å²) in [6, 6.07) is 9.47. The van der Waals surface area contributed by atoms with Gasteiger partial charge in [-0.05, 0) is 12.0 Å². The topological polar surface area (TPSA) is 69.6 Å². The number of benzene rings is 1. The fourth-order valence-corrected chi connectivity index (χ4v) is 2.65. The molecular formula is C17H22F2N2O3. The summed E-state index contributed by atoms with van der Waals surface area (Å²) >= 11 is 0. The molecule has 0 radical (unpaired) electrons. The lowest BCUT2D eigenvalue weighted by molar-refractivity contribution is -0.133. The van der Waals surface area contributed by atoms with Gasteiger partial charge in [0.1, 0.15) is 5.60 Å². The van der Waals surface area contributed by atoms with E-state index in [1.54, 1.807) is 0 Å². The number of hydrogen-bond acceptors (Lipinski definition) is 3. The molecule has 0 saturated carbocycles. The quantitative estimate of drug-likeness (QED) is 0.794. The Kier molecular flexibility index (Phi) is 6.25. The molecule has 2 amide bonds. The smallest absolute Gasteiger partial charge is 0.268 e. The van der Waals surface area contributed by atoms with Gasteiger partial charge in [-0.25, -0.2) is 8.78 Å². The monoisotopic (exact) mass is 340 g/mol. The summed E-state index contributed by atoms with van der Waals surface area (Å²) in [5.74, 6) is -0.459. The van der Waals surface area contributed by atoms with E-state index in [2.05, 4.69) is 5.32 Å². The van der Waals surface area contributed by atoms with E-state index in [0.29, 0.717) is 13.0 Å². The molecule has 1 saturated heterocycles. The maximum Gasteiger partial charge on any atom is 0.268 e. The minimum absolute atomic E-state index is 0.109. The molecule has 1 heterocycles. The number of nitrogens with zero attached hydrogens (tertiary/aromatic N) is 1. The summed E-state index contributed by atoms with van der Waals surface area (Å²) in [6.45, 7) is 0.213. The highest BCUT2D eigenvalue weighted by Crippen LogP contribution is 2.28. The zero-order valence-electron chi connectivity index (χ0n) is 13.4. The van der Waals surface area contributed by atoms with E-state index >= 15 is 0 Å². The fourth-order valence-electron chi connectivity index (χ4n) is 2.65. The Morgan fingerprint density at radius 3 is 2.58 bits per heavy atom. The lowest BCUT2D eigenvalue weighted by atomic mass is 10.1. The van der Waals surface area contributed by atoms with Gasteiger partial charge in [-0.15, -0.1) is 0 Å². The zero-order chi connectivity index (χ0) is 17.6. The van der Waals surface area contributed by atoms with Gasteiger partial charge in [-0.3, -0.25) is 9.59 Å². The van der Waals surface area contributed by atoms with Crippen molar-refractivity contribution in [3.63, 3.8) is 0 Å². The number of likely N-dealkylation sites (tertiary alicyclic amines) is 1. The average Bonchev–Trinajstić information content (AvgIpc) is 2.98. The molecule has 24 heavy (non-hydrogen) atoms. The van der Waals surface area contributed by atoms with E-state index in [4.69, 9.17) is 0 Å². The summed E-state index contributed by atoms with van der Waals surface area (Å²) in [7, 11) is 0. The second kappa shape index (κ2) is 8.19. The maximum atomic E-state index is 12.7. The van der Waals surface area contributed by atoms with Gasteiger partial charge in [-0.1, -0.05) is 30.3 Å². The number of carbonyl (C=O) groups is 2. The number of carbonyl (C=O) groups excluding carboxylic acids is 2. The lowest BCUT2D eigenvalue weighted by Gasteiger charge is -2.22. The molecule has 0 spiro atoms. The molecule has 1 fully saturated rings. The van der Waals surface area contributed by atoms with Gasteiger partial charge >= 0.3 is 0 Å². The maximum absolute atomic E-state index is 12.7. The highest BCUT2D eigenvalue weighted by Gasteiger charge is 2.45. The van der Waals surface area contributed by atoms with Gasteiger partial charge in [0.15, 0.2) is 0 Å². The summed E-state index contributed by atoms with van der Waals surface area (Å²) in [5, 5.41) is 12.4. The molecule has 1 aromatic carbocycles. The summed E-state index contributed by atoms with van der Waals surface area (Å²) in [6.07, 6.45) is -2.32. The summed E-state index contributed by atoms with van der Waals surface area (Å²) in [4.78, 5) is 24.9. The third-order valence-electron chi connectivity index (χ3n) is 4.17. The number of alkyl halides is 2. The summed E-state index contributed by atoms with van der Waals surface area (Å²) in [5.41, 5.74) is -1.10. The number of halogens is 2. The van der Waals surface area contributed by atoms with Gasteiger partial charge in [-0.2, -0.15) is 0 Å². The van der Waals surface area contributed by atoms with Crippen LogP contribution in [0.15, 0.2) is 30.3 Å². The Bertz CT molecular complexity index is 568. The molecule has 1 aliphatic heterocycles. The lowest BCUT2D eigenvalue weighted by Crippen LogP contribution is -2.41. The number of hydrogen-bond donors (Lipinski definition) is 2. The van der Waals surface area contributed by atoms with Crippen molar-refractivity contribution in [2.75, 3.05) is 13.1 Å². The molecule has 1 aromatic rings. The van der Waals surface area contributed by atoms with E-state index < -0.39 is 12.0 Å². The third-order valence-corrected chi connectivity index (χ3v) is 4.17. The van der Waals surface area contributed by atoms with Crippen molar-refractivity contribution < 1.29 is 23.5 Å². The number of β-amino-alcohol motifs (C(OH)–C–C–N with tert-alkyl or cyclic N) is 1. The van der Waals surface area contributed by atoms with Crippen LogP contribution in [0.3, 0.4) is 0 Å². The first-order valence-corrected chi connectivity index (χ1v) is 8.00. The minimum atomic E-state index is -2.86. The molecule has 2 rings (SSSR count). The molecule has 1 aliphatic rings. The van der Waals surface area contributed by atoms with Crippen LogP contribution >= 0.6 is 0 Å². The van der Waals surface area contributed by atoms with Crippen molar-refractivity contribution >= 4 is 11.8 Å². The summed E-state index contributed by atoms with van der Waals surface area (Å²) < 4.78 is 25.4. The first-order valence-electron chi connectivity index (χ1n) is 8.00. The Morgan fingerprint density at radius 2 is 1.96 bits per heavy atom. The predicted octanol–water partition coefficient (Wildman–Crippen LogP) is 1.70. The molecule has 1 unspecified atom stereocenters. The van der Waals surface area contributed by atoms with E-state index in [1.165, 1.54) is 4.90 Å². The highest BCUT2D eigenvalue weighted by atomic mass is 19.3. The normalized spacial score (nSPS) is 20.4. The number of rotatable bonds is 7. The highest BCUT2D eigenvalue weighted by molar-refractivity contribution is 5.79. The minimum Gasteiger partial charge on any atom is -0.382 e. The van der Waals surface area contributed by atoms with Gasteiger partial charge in [0.25, 0.3) is 6.43 Å². The van der Waals surface area contributed by atoms with E-state index in [-0.39, 0.29) is 44.2 Å². The Hall–Kier alpha value is -2.02. The van der Waals surface area contributed by atoms with Crippen LogP contribution in [0, 0.1) is 0 Å². The van der Waals surface area contributed by atoms with Crippen LogP contribution in [-0.4, -0.2) is 46.9 Å². The van der Waals surface area contributed by atoms with Crippen LogP contribution in [0.5, 0.6) is 0 Å². The predicted molar refractivity (Wildman–Crippen MR) is 84.3 cm³/mol. The van der Waals surface area contributed by atoms with Crippen LogP contribution < -0.4 is 5.32 Å². The van der Waals surface area contributed by atoms with Gasteiger partial charge in [0.05, 0.1) is 6.54 Å². The fraction of sp³-hybridized carbons (Fsp3) is 0.529. The van der Waals surface area contributed by atoms with Crippen LogP contribution in [0.25, 0.3) is 0 Å². The van der Waals surface area contributed by atoms with E-state index in [0.717, 1.165) is 5.56 Å². The SMILES string of the molecule is O=C(CCCC(=O)N1CCC(O)(C(F)F)C1)NCc1ccccc1. The third kappa shape index (κ3) is 4.99. The van der Waals surface area contributed by atoms with Crippen LogP contribution in [0.1, 0.15) is 31.2 Å². The molecule has 1 atom stereocenters. The Balaban J connectivity index is 1.65. The van der Waals surface area contributed by atoms with Crippen molar-refractivity contribution in [1.82, 2.24) is 10.2 Å². The molecule has 0 bridgehead atoms. The van der Waals surface area contributed by atoms with Crippen molar-refractivity contribution in [2.45, 2.75) is 44.3 Å². The van der Waals surface area contributed by atoms with Crippen molar-refractivity contribution in [2.24, 2.45) is 0 Å². The van der Waals surface area contributed by atoms with Crippen molar-refractivity contribution in [3.05, 3.63) is 35.9 Å². The number of aliphatic hydroxyl groups is 1. The zero-order valence-corrected chi connectivity index (χ0v) is 13.4. The molecule has 0 aliphatic carbocycles. The second-order valence-corrected chi connectivity index (χ2v) is 6.09. The Morgan fingerprint density at radius 1 is 1.25 bits per heavy atom. The van der Waals surface area contributed by atoms with E-state index in [9.17, 15) is 23.5 Å². The number of amides is 2. The van der Waals surface area contributed by atoms with Gasteiger partial charge < -0.3 is 15.3 Å². The number of nitrogens with one attached hydrogen (secondary N) is 1. The van der Waals surface area contributed by atoms with Gasteiger partial charge in [0, 0.05) is 32.4 Å². The second-order valence-electron chi connectivity index (χ2n) is 6.09. The van der Waals surface area contributed by atoms with Crippen LogP contribution in [0.2, 0.25) is 0 Å². The van der Waals surface area contributed by atoms with Crippen molar-refractivity contribution in [3.8, 4) is 0 Å². The molecular weight excluding hydrogens is 318 g/mol. The first-order chi connectivity index (χ1) is 11.4.